The van der Waals surface area contributed by atoms with Gasteiger partial charge in [-0.05, 0) is 57.2 Å². The number of aromatic amines is 1. The van der Waals surface area contributed by atoms with Crippen molar-refractivity contribution in [3.05, 3.63) is 33.9 Å². The zero-order valence-electron chi connectivity index (χ0n) is 19.0. The van der Waals surface area contributed by atoms with E-state index in [0.29, 0.717) is 39.7 Å². The summed E-state index contributed by atoms with van der Waals surface area (Å²) in [5.41, 5.74) is 0.545. The minimum Gasteiger partial charge on any atom is -0.351 e. The van der Waals surface area contributed by atoms with E-state index in [0.717, 1.165) is 12.8 Å². The van der Waals surface area contributed by atoms with Crippen LogP contribution in [0.1, 0.15) is 56.4 Å². The van der Waals surface area contributed by atoms with Gasteiger partial charge in [0.25, 0.3) is 5.91 Å². The summed E-state index contributed by atoms with van der Waals surface area (Å²) < 4.78 is 0. The van der Waals surface area contributed by atoms with E-state index in [1.165, 1.54) is 0 Å². The van der Waals surface area contributed by atoms with Crippen LogP contribution in [0.4, 0.5) is 0 Å². The van der Waals surface area contributed by atoms with Gasteiger partial charge in [0, 0.05) is 27.4 Å². The van der Waals surface area contributed by atoms with Gasteiger partial charge in [0.1, 0.15) is 17.8 Å². The van der Waals surface area contributed by atoms with E-state index in [2.05, 4.69) is 27.0 Å². The molecule has 34 heavy (non-hydrogen) atoms. The summed E-state index contributed by atoms with van der Waals surface area (Å²) in [6.07, 6.45) is 3.30. The molecule has 1 aromatic carbocycles. The fraction of sp³-hybridized carbons (Fsp3) is 0.500. The maximum Gasteiger partial charge on any atom is 0.268 e. The molecule has 2 aliphatic rings. The first-order chi connectivity index (χ1) is 16.0. The predicted octanol–water partition coefficient (Wildman–Crippen LogP) is 3.69. The van der Waals surface area contributed by atoms with Gasteiger partial charge in [0.2, 0.25) is 11.8 Å². The summed E-state index contributed by atoms with van der Waals surface area (Å²) in [7, 11) is 0. The zero-order chi connectivity index (χ0) is 24.6. The summed E-state index contributed by atoms with van der Waals surface area (Å²) in [4.78, 5) is 41.2. The quantitative estimate of drug-likeness (QED) is 0.437. The van der Waals surface area contributed by atoms with E-state index in [9.17, 15) is 19.6 Å². The lowest BCUT2D eigenvalue weighted by atomic mass is 9.92. The normalized spacial score (nSPS) is 20.9. The Labute approximate surface area is 207 Å². The Bertz CT molecular complexity index is 1180. The van der Waals surface area contributed by atoms with Crippen LogP contribution in [0.5, 0.6) is 0 Å². The molecule has 4 rings (SSSR count). The smallest absolute Gasteiger partial charge is 0.268 e. The molecule has 0 bridgehead atoms. The number of hydrogen-bond donors (Lipinski definition) is 4. The summed E-state index contributed by atoms with van der Waals surface area (Å²) in [6.45, 7) is 3.86. The molecule has 0 spiro atoms. The van der Waals surface area contributed by atoms with Gasteiger partial charge in [-0.1, -0.05) is 36.0 Å². The molecular formula is C24H27Cl2N5O3. The Kier molecular flexibility index (Phi) is 6.79. The fourth-order valence-corrected chi connectivity index (χ4v) is 5.07. The molecule has 2 fully saturated rings. The van der Waals surface area contributed by atoms with Crippen LogP contribution in [0, 0.1) is 23.2 Å². The predicted molar refractivity (Wildman–Crippen MR) is 129 cm³/mol. The average molecular weight is 504 g/mol. The van der Waals surface area contributed by atoms with Gasteiger partial charge < -0.3 is 20.9 Å². The highest BCUT2D eigenvalue weighted by Gasteiger charge is 2.39. The van der Waals surface area contributed by atoms with Crippen molar-refractivity contribution >= 4 is 51.8 Å². The molecule has 3 amide bonds. The Balaban J connectivity index is 1.44. The highest BCUT2D eigenvalue weighted by Crippen LogP contribution is 2.34. The molecule has 1 saturated carbocycles. The minimum atomic E-state index is -0.829. The minimum absolute atomic E-state index is 0.111. The van der Waals surface area contributed by atoms with Crippen LogP contribution in [-0.2, 0) is 9.59 Å². The van der Waals surface area contributed by atoms with Crippen LogP contribution in [0.15, 0.2) is 18.2 Å². The number of carbonyl (C=O) groups excluding carboxylic acids is 3. The van der Waals surface area contributed by atoms with E-state index in [1.807, 2.05) is 13.8 Å². The van der Waals surface area contributed by atoms with Crippen molar-refractivity contribution < 1.29 is 14.4 Å². The Morgan fingerprint density at radius 3 is 2.56 bits per heavy atom. The molecule has 4 N–H and O–H groups in total. The topological polar surface area (TPSA) is 127 Å². The molecule has 2 aromatic rings. The maximum absolute atomic E-state index is 13.1. The number of rotatable bonds is 8. The Morgan fingerprint density at radius 1 is 1.21 bits per heavy atom. The maximum atomic E-state index is 13.1. The van der Waals surface area contributed by atoms with Gasteiger partial charge in [-0.3, -0.25) is 14.4 Å². The zero-order valence-corrected chi connectivity index (χ0v) is 20.5. The lowest BCUT2D eigenvalue weighted by Gasteiger charge is -2.21. The molecule has 1 aliphatic carbocycles. The van der Waals surface area contributed by atoms with Gasteiger partial charge in [0.05, 0.1) is 11.1 Å². The van der Waals surface area contributed by atoms with E-state index < -0.39 is 23.9 Å². The van der Waals surface area contributed by atoms with E-state index in [4.69, 9.17) is 23.2 Å². The largest absolute Gasteiger partial charge is 0.351 e. The van der Waals surface area contributed by atoms with Gasteiger partial charge in [-0.15, -0.1) is 0 Å². The Morgan fingerprint density at radius 2 is 1.94 bits per heavy atom. The van der Waals surface area contributed by atoms with Gasteiger partial charge in [0.15, 0.2) is 0 Å². The molecule has 1 aromatic heterocycles. The van der Waals surface area contributed by atoms with Crippen molar-refractivity contribution in [3.63, 3.8) is 0 Å². The molecule has 8 nitrogen and oxygen atoms in total. The summed E-state index contributed by atoms with van der Waals surface area (Å²) in [6, 6.07) is 5.35. The molecule has 1 aliphatic heterocycles. The fourth-order valence-electron chi connectivity index (χ4n) is 4.52. The molecule has 10 heteroatoms. The van der Waals surface area contributed by atoms with Crippen molar-refractivity contribution in [2.45, 2.75) is 63.6 Å². The second-order valence-electron chi connectivity index (χ2n) is 9.94. The van der Waals surface area contributed by atoms with Gasteiger partial charge >= 0.3 is 0 Å². The second kappa shape index (κ2) is 9.47. The molecular weight excluding hydrogens is 477 g/mol. The summed E-state index contributed by atoms with van der Waals surface area (Å²) in [5, 5.41) is 19.6. The number of amides is 3. The average Bonchev–Trinajstić information content (AvgIpc) is 3.39. The number of halogens is 2. The number of H-pyrrole nitrogens is 1. The van der Waals surface area contributed by atoms with Crippen LogP contribution in [0.25, 0.3) is 10.9 Å². The number of fused-ring (bicyclic) bond motifs is 1. The molecule has 1 saturated heterocycles. The van der Waals surface area contributed by atoms with E-state index in [-0.39, 0.29) is 29.5 Å². The van der Waals surface area contributed by atoms with Crippen molar-refractivity contribution in [2.24, 2.45) is 11.8 Å². The first-order valence-electron chi connectivity index (χ1n) is 11.4. The third kappa shape index (κ3) is 5.65. The summed E-state index contributed by atoms with van der Waals surface area (Å²) >= 11 is 12.3. The molecule has 3 unspecified atom stereocenters. The standard InChI is InChI=1S/C24H27Cl2N5O3/c1-24(2)10-13(21(32)31-24)6-15(11-27)28-22(33)19(5-12-3-4-12)30-23(34)20-9-16-17(26)7-14(25)8-18(16)29-20/h7-9,12-13,15,19,29H,3-6,10H2,1-2H3,(H,28,33)(H,30,34)(H,31,32). The van der Waals surface area contributed by atoms with Crippen molar-refractivity contribution in [1.82, 2.24) is 20.9 Å². The van der Waals surface area contributed by atoms with Crippen LogP contribution in [0.2, 0.25) is 10.0 Å². The monoisotopic (exact) mass is 503 g/mol. The highest BCUT2D eigenvalue weighted by molar-refractivity contribution is 6.38. The number of nitrogens with one attached hydrogen (secondary N) is 4. The van der Waals surface area contributed by atoms with Gasteiger partial charge in [-0.2, -0.15) is 5.26 Å². The summed E-state index contributed by atoms with van der Waals surface area (Å²) in [5.74, 6) is -0.982. The number of nitrogens with zero attached hydrogens (tertiary/aromatic N) is 1. The van der Waals surface area contributed by atoms with E-state index in [1.54, 1.807) is 18.2 Å². The Hall–Kier alpha value is -2.76. The van der Waals surface area contributed by atoms with Crippen LogP contribution in [0.3, 0.4) is 0 Å². The highest BCUT2D eigenvalue weighted by atomic mass is 35.5. The van der Waals surface area contributed by atoms with Crippen LogP contribution < -0.4 is 16.0 Å². The SMILES string of the molecule is CC1(C)CC(CC(C#N)NC(=O)C(CC2CC2)NC(=O)c2cc3c(Cl)cc(Cl)cc3[nH]2)C(=O)N1. The van der Waals surface area contributed by atoms with Gasteiger partial charge in [-0.25, -0.2) is 0 Å². The number of nitriles is 1. The molecule has 0 radical (unpaired) electrons. The van der Waals surface area contributed by atoms with E-state index >= 15 is 0 Å². The lowest BCUT2D eigenvalue weighted by molar-refractivity contribution is -0.125. The number of aromatic nitrogens is 1. The number of hydrogen-bond acceptors (Lipinski definition) is 4. The van der Waals surface area contributed by atoms with Crippen molar-refractivity contribution in [1.29, 1.82) is 5.26 Å². The molecule has 2 heterocycles. The van der Waals surface area contributed by atoms with Crippen molar-refractivity contribution in [2.75, 3.05) is 0 Å². The van der Waals surface area contributed by atoms with Crippen molar-refractivity contribution in [3.8, 4) is 6.07 Å². The van der Waals surface area contributed by atoms with Crippen LogP contribution >= 0.6 is 23.2 Å². The lowest BCUT2D eigenvalue weighted by Crippen LogP contribution is -2.50. The first kappa shape index (κ1) is 24.4. The van der Waals surface area contributed by atoms with Crippen LogP contribution in [-0.4, -0.2) is 40.3 Å². The number of benzene rings is 1. The third-order valence-electron chi connectivity index (χ3n) is 6.37. The molecule has 180 valence electrons. The molecule has 3 atom stereocenters. The number of carbonyl (C=O) groups is 3. The third-order valence-corrected chi connectivity index (χ3v) is 6.90. The first-order valence-corrected chi connectivity index (χ1v) is 12.1. The second-order valence-corrected chi connectivity index (χ2v) is 10.8.